The minimum Gasteiger partial charge on any atom is -0.496 e. The van der Waals surface area contributed by atoms with E-state index in [1.165, 1.54) is 68.9 Å². The SMILES string of the molecule is C=C(C)[C@@H]1CC[C@]2(CC)CC[C@]3(C)[C@H](CC[C@@H]4[C@@]5(C)CC=C(c6ccc(C(=O)O)c(OC)c6)C(C)(C)[C@@H]5CC[C@]43C)[C@@H]12. The van der Waals surface area contributed by atoms with Crippen LogP contribution in [0.5, 0.6) is 5.75 Å². The molecule has 0 aliphatic heterocycles. The van der Waals surface area contributed by atoms with Gasteiger partial charge in [-0.05, 0) is 145 Å². The molecule has 1 N–H and O–H groups in total. The lowest BCUT2D eigenvalue weighted by molar-refractivity contribution is -0.225. The average molecular weight is 573 g/mol. The van der Waals surface area contributed by atoms with E-state index < -0.39 is 5.97 Å². The molecule has 0 aromatic heterocycles. The van der Waals surface area contributed by atoms with Crippen molar-refractivity contribution in [1.29, 1.82) is 0 Å². The van der Waals surface area contributed by atoms with Gasteiger partial charge >= 0.3 is 5.97 Å². The second-order valence-corrected chi connectivity index (χ2v) is 16.7. The number of aromatic carboxylic acids is 1. The smallest absolute Gasteiger partial charge is 0.339 e. The van der Waals surface area contributed by atoms with E-state index in [0.29, 0.717) is 33.8 Å². The standard InChI is InChI=1S/C39H56O3/c1-10-39-20-15-26(24(2)3)33(39)29-13-14-32-36(6)18-16-28(25-11-12-27(34(40)41)30(23-25)42-9)35(4,5)31(36)17-19-38(32,8)37(29,7)21-22-39/h11-12,16,23,26,29,31-33H,2,10,13-15,17-22H2,1,3-9H3,(H,40,41)/t26-,29+,31-,32+,33+,36-,37+,38+,39+/m0/s1. The Hall–Kier alpha value is -2.03. The van der Waals surface area contributed by atoms with Gasteiger partial charge in [0.15, 0.2) is 0 Å². The summed E-state index contributed by atoms with van der Waals surface area (Å²) in [5.74, 6) is 3.19. The molecule has 0 saturated heterocycles. The Labute approximate surface area is 255 Å². The van der Waals surface area contributed by atoms with E-state index in [4.69, 9.17) is 4.74 Å². The highest BCUT2D eigenvalue weighted by Crippen LogP contribution is 2.78. The molecule has 1 aromatic carbocycles. The summed E-state index contributed by atoms with van der Waals surface area (Å²) in [7, 11) is 1.57. The molecule has 230 valence electrons. The van der Waals surface area contributed by atoms with E-state index in [1.807, 2.05) is 12.1 Å². The van der Waals surface area contributed by atoms with Gasteiger partial charge in [0, 0.05) is 0 Å². The van der Waals surface area contributed by atoms with Gasteiger partial charge in [0.05, 0.1) is 7.11 Å². The monoisotopic (exact) mass is 572 g/mol. The zero-order chi connectivity index (χ0) is 30.5. The highest BCUT2D eigenvalue weighted by molar-refractivity contribution is 5.91. The number of hydrogen-bond acceptors (Lipinski definition) is 2. The first-order valence-corrected chi connectivity index (χ1v) is 17.0. The lowest BCUT2D eigenvalue weighted by atomic mass is 9.32. The van der Waals surface area contributed by atoms with Gasteiger partial charge in [-0.15, -0.1) is 0 Å². The van der Waals surface area contributed by atoms with Crippen LogP contribution >= 0.6 is 0 Å². The number of methoxy groups -OCH3 is 1. The Balaban J connectivity index is 1.37. The Morgan fingerprint density at radius 3 is 2.36 bits per heavy atom. The molecule has 0 amide bonds. The number of benzene rings is 1. The first kappa shape index (κ1) is 30.0. The first-order chi connectivity index (χ1) is 19.7. The van der Waals surface area contributed by atoms with Crippen molar-refractivity contribution in [1.82, 2.24) is 0 Å². The van der Waals surface area contributed by atoms with Crippen molar-refractivity contribution in [3.63, 3.8) is 0 Å². The van der Waals surface area contributed by atoms with Crippen LogP contribution in [0.25, 0.3) is 5.57 Å². The zero-order valence-electron chi connectivity index (χ0n) is 27.7. The molecular weight excluding hydrogens is 516 g/mol. The van der Waals surface area contributed by atoms with Gasteiger partial charge in [0.1, 0.15) is 11.3 Å². The molecule has 5 aliphatic rings. The second-order valence-electron chi connectivity index (χ2n) is 16.7. The van der Waals surface area contributed by atoms with Crippen molar-refractivity contribution in [3.05, 3.63) is 47.6 Å². The molecule has 0 bridgehead atoms. The summed E-state index contributed by atoms with van der Waals surface area (Å²) in [6.07, 6.45) is 15.9. The molecule has 6 rings (SSSR count). The average Bonchev–Trinajstić information content (AvgIpc) is 3.33. The van der Waals surface area contributed by atoms with Gasteiger partial charge in [-0.25, -0.2) is 4.79 Å². The van der Waals surface area contributed by atoms with Gasteiger partial charge in [-0.2, -0.15) is 0 Å². The minimum absolute atomic E-state index is 0.00225. The lowest BCUT2D eigenvalue weighted by Crippen LogP contribution is -2.65. The molecule has 4 saturated carbocycles. The third-order valence-corrected chi connectivity index (χ3v) is 15.3. The van der Waals surface area contributed by atoms with Crippen molar-refractivity contribution in [2.45, 2.75) is 113 Å². The van der Waals surface area contributed by atoms with E-state index in [0.717, 1.165) is 29.7 Å². The summed E-state index contributed by atoms with van der Waals surface area (Å²) >= 11 is 0. The molecule has 1 aromatic rings. The summed E-state index contributed by atoms with van der Waals surface area (Å²) in [4.78, 5) is 11.8. The summed E-state index contributed by atoms with van der Waals surface area (Å²) in [5, 5.41) is 9.65. The van der Waals surface area contributed by atoms with E-state index in [1.54, 1.807) is 13.2 Å². The molecule has 0 spiro atoms. The van der Waals surface area contributed by atoms with E-state index in [9.17, 15) is 9.90 Å². The molecule has 5 aliphatic carbocycles. The number of carboxylic acids is 1. The Morgan fingerprint density at radius 2 is 1.71 bits per heavy atom. The summed E-state index contributed by atoms with van der Waals surface area (Å²) in [6, 6.07) is 5.69. The van der Waals surface area contributed by atoms with Crippen molar-refractivity contribution >= 4 is 11.5 Å². The molecule has 4 fully saturated rings. The first-order valence-electron chi connectivity index (χ1n) is 17.0. The summed E-state index contributed by atoms with van der Waals surface area (Å²) in [5.41, 5.74) is 5.71. The quantitative estimate of drug-likeness (QED) is 0.357. The summed E-state index contributed by atoms with van der Waals surface area (Å²) in [6.45, 7) is 22.4. The van der Waals surface area contributed by atoms with Crippen molar-refractivity contribution in [3.8, 4) is 5.75 Å². The molecule has 42 heavy (non-hydrogen) atoms. The molecule has 9 atom stereocenters. The van der Waals surface area contributed by atoms with Crippen molar-refractivity contribution in [2.75, 3.05) is 7.11 Å². The van der Waals surface area contributed by atoms with Gasteiger partial charge in [0.25, 0.3) is 0 Å². The van der Waals surface area contributed by atoms with Gasteiger partial charge in [-0.3, -0.25) is 0 Å². The molecule has 0 heterocycles. The Morgan fingerprint density at radius 1 is 0.976 bits per heavy atom. The van der Waals surface area contributed by atoms with Crippen LogP contribution in [0.2, 0.25) is 0 Å². The van der Waals surface area contributed by atoms with Crippen LogP contribution in [0.4, 0.5) is 0 Å². The fraction of sp³-hybridized carbons (Fsp3) is 0.718. The number of hydrogen-bond donors (Lipinski definition) is 1. The maximum Gasteiger partial charge on any atom is 0.339 e. The maximum atomic E-state index is 11.8. The van der Waals surface area contributed by atoms with E-state index >= 15 is 0 Å². The van der Waals surface area contributed by atoms with E-state index in [2.05, 4.69) is 61.1 Å². The van der Waals surface area contributed by atoms with Crippen LogP contribution in [-0.4, -0.2) is 18.2 Å². The normalized spacial score (nSPS) is 43.7. The van der Waals surface area contributed by atoms with Crippen LogP contribution < -0.4 is 4.74 Å². The second kappa shape index (κ2) is 9.73. The fourth-order valence-electron chi connectivity index (χ4n) is 13.0. The Bertz CT molecular complexity index is 1320. The van der Waals surface area contributed by atoms with Gasteiger partial charge in [-0.1, -0.05) is 72.3 Å². The number of fused-ring (bicyclic) bond motifs is 7. The van der Waals surface area contributed by atoms with Crippen molar-refractivity contribution in [2.24, 2.45) is 56.7 Å². The number of rotatable bonds is 5. The molecule has 3 heteroatoms. The molecule has 3 nitrogen and oxygen atoms in total. The topological polar surface area (TPSA) is 46.5 Å². The summed E-state index contributed by atoms with van der Waals surface area (Å²) < 4.78 is 5.53. The third kappa shape index (κ3) is 3.79. The van der Waals surface area contributed by atoms with Crippen LogP contribution in [0.3, 0.4) is 0 Å². The highest BCUT2D eigenvalue weighted by Gasteiger charge is 2.70. The minimum atomic E-state index is -0.940. The fourth-order valence-corrected chi connectivity index (χ4v) is 13.0. The van der Waals surface area contributed by atoms with Gasteiger partial charge < -0.3 is 9.84 Å². The number of ether oxygens (including phenoxy) is 1. The molecular formula is C39H56O3. The molecule has 0 unspecified atom stereocenters. The van der Waals surface area contributed by atoms with E-state index in [-0.39, 0.29) is 16.4 Å². The number of carboxylic acid groups (broad SMARTS) is 1. The highest BCUT2D eigenvalue weighted by atomic mass is 16.5. The predicted molar refractivity (Wildman–Crippen MR) is 173 cm³/mol. The predicted octanol–water partition coefficient (Wildman–Crippen LogP) is 10.5. The van der Waals surface area contributed by atoms with Crippen LogP contribution in [0.15, 0.2) is 36.4 Å². The van der Waals surface area contributed by atoms with Crippen LogP contribution in [0, 0.1) is 56.7 Å². The number of carbonyl (C=O) groups is 1. The van der Waals surface area contributed by atoms with Gasteiger partial charge in [0.2, 0.25) is 0 Å². The number of allylic oxidation sites excluding steroid dienone is 3. The maximum absolute atomic E-state index is 11.8. The van der Waals surface area contributed by atoms with Crippen molar-refractivity contribution < 1.29 is 14.6 Å². The van der Waals surface area contributed by atoms with Crippen LogP contribution in [0.1, 0.15) is 129 Å². The third-order valence-electron chi connectivity index (χ3n) is 15.3. The van der Waals surface area contributed by atoms with Crippen LogP contribution in [-0.2, 0) is 0 Å². The molecule has 0 radical (unpaired) electrons. The largest absolute Gasteiger partial charge is 0.496 e. The zero-order valence-corrected chi connectivity index (χ0v) is 27.7. The Kier molecular flexibility index (Phi) is 6.96. The lowest BCUT2D eigenvalue weighted by Gasteiger charge is -2.72.